The van der Waals surface area contributed by atoms with Gasteiger partial charge in [0.05, 0.1) is 0 Å². The maximum atomic E-state index is 12.5. The van der Waals surface area contributed by atoms with E-state index in [9.17, 15) is 9.59 Å². The van der Waals surface area contributed by atoms with Gasteiger partial charge >= 0.3 is 0 Å². The standard InChI is InChI=1S/C20H24N4O2/c1-3-24(4-2)17-9-7-16(8-10-17)22-19(25)14-11-12-21-18(13-14)20(26)23-15-5-6-15/h7-13,15H,3-6H2,1-2H3,(H,22,25)(H,23,26). The molecule has 1 saturated carbocycles. The van der Waals surface area contributed by atoms with Crippen molar-refractivity contribution in [2.45, 2.75) is 32.7 Å². The average Bonchev–Trinajstić information content (AvgIpc) is 3.48. The Hall–Kier alpha value is -2.89. The number of rotatable bonds is 7. The first kappa shape index (κ1) is 17.9. The zero-order chi connectivity index (χ0) is 18.5. The molecular formula is C20H24N4O2. The predicted molar refractivity (Wildman–Crippen MR) is 103 cm³/mol. The molecule has 1 aromatic heterocycles. The number of amides is 2. The summed E-state index contributed by atoms with van der Waals surface area (Å²) in [7, 11) is 0. The van der Waals surface area contributed by atoms with E-state index in [2.05, 4.69) is 34.4 Å². The van der Waals surface area contributed by atoms with Crippen LogP contribution in [0, 0.1) is 0 Å². The van der Waals surface area contributed by atoms with Gasteiger partial charge in [0.15, 0.2) is 0 Å². The van der Waals surface area contributed by atoms with Crippen LogP contribution in [0.1, 0.15) is 47.5 Å². The lowest BCUT2D eigenvalue weighted by Gasteiger charge is -2.21. The van der Waals surface area contributed by atoms with Crippen LogP contribution in [0.3, 0.4) is 0 Å². The summed E-state index contributed by atoms with van der Waals surface area (Å²) in [5.74, 6) is -0.491. The van der Waals surface area contributed by atoms with E-state index in [4.69, 9.17) is 0 Å². The van der Waals surface area contributed by atoms with Gasteiger partial charge in [-0.2, -0.15) is 0 Å². The normalized spacial score (nSPS) is 13.2. The van der Waals surface area contributed by atoms with Crippen molar-refractivity contribution in [3.8, 4) is 0 Å². The Bertz CT molecular complexity index is 781. The van der Waals surface area contributed by atoms with Crippen molar-refractivity contribution in [3.05, 3.63) is 53.9 Å². The third kappa shape index (κ3) is 4.39. The quantitative estimate of drug-likeness (QED) is 0.803. The van der Waals surface area contributed by atoms with Gasteiger partial charge in [-0.15, -0.1) is 0 Å². The van der Waals surface area contributed by atoms with E-state index in [1.165, 1.54) is 12.3 Å². The molecule has 0 unspecified atom stereocenters. The number of pyridine rings is 1. The zero-order valence-electron chi connectivity index (χ0n) is 15.2. The highest BCUT2D eigenvalue weighted by Crippen LogP contribution is 2.20. The number of carbonyl (C=O) groups is 2. The summed E-state index contributed by atoms with van der Waals surface area (Å²) in [6.45, 7) is 6.09. The van der Waals surface area contributed by atoms with Crippen molar-refractivity contribution in [3.63, 3.8) is 0 Å². The van der Waals surface area contributed by atoms with Crippen LogP contribution in [0.2, 0.25) is 0 Å². The van der Waals surface area contributed by atoms with Crippen molar-refractivity contribution >= 4 is 23.2 Å². The molecule has 1 aliphatic rings. The van der Waals surface area contributed by atoms with E-state index >= 15 is 0 Å². The summed E-state index contributed by atoms with van der Waals surface area (Å²) in [4.78, 5) is 30.8. The molecule has 136 valence electrons. The van der Waals surface area contributed by atoms with E-state index in [-0.39, 0.29) is 23.6 Å². The SMILES string of the molecule is CCN(CC)c1ccc(NC(=O)c2ccnc(C(=O)NC3CC3)c2)cc1. The van der Waals surface area contributed by atoms with Gasteiger partial charge in [0.2, 0.25) is 0 Å². The molecule has 0 radical (unpaired) electrons. The van der Waals surface area contributed by atoms with Crippen LogP contribution < -0.4 is 15.5 Å². The molecule has 0 saturated heterocycles. The number of nitrogens with zero attached hydrogens (tertiary/aromatic N) is 2. The minimum Gasteiger partial charge on any atom is -0.372 e. The molecule has 1 heterocycles. The Kier molecular flexibility index (Phi) is 5.51. The molecule has 0 atom stereocenters. The Balaban J connectivity index is 1.66. The molecule has 6 nitrogen and oxygen atoms in total. The van der Waals surface area contributed by atoms with Gasteiger partial charge in [-0.3, -0.25) is 14.6 Å². The molecule has 0 spiro atoms. The fraction of sp³-hybridized carbons (Fsp3) is 0.350. The fourth-order valence-corrected chi connectivity index (χ4v) is 2.73. The number of hydrogen-bond acceptors (Lipinski definition) is 4. The molecule has 6 heteroatoms. The van der Waals surface area contributed by atoms with E-state index in [1.54, 1.807) is 6.07 Å². The Morgan fingerprint density at radius 2 is 1.77 bits per heavy atom. The van der Waals surface area contributed by atoms with Crippen LogP contribution in [-0.2, 0) is 0 Å². The second-order valence-corrected chi connectivity index (χ2v) is 6.35. The first-order valence-electron chi connectivity index (χ1n) is 9.04. The van der Waals surface area contributed by atoms with Crippen molar-refractivity contribution in [2.24, 2.45) is 0 Å². The molecule has 1 aliphatic carbocycles. The van der Waals surface area contributed by atoms with Crippen LogP contribution in [-0.4, -0.2) is 35.9 Å². The van der Waals surface area contributed by atoms with Gasteiger partial charge in [0.1, 0.15) is 5.69 Å². The summed E-state index contributed by atoms with van der Waals surface area (Å²) >= 11 is 0. The number of benzene rings is 1. The number of aromatic nitrogens is 1. The van der Waals surface area contributed by atoms with E-state index in [0.717, 1.165) is 31.6 Å². The van der Waals surface area contributed by atoms with Crippen molar-refractivity contribution in [1.82, 2.24) is 10.3 Å². The largest absolute Gasteiger partial charge is 0.372 e. The minimum absolute atomic E-state index is 0.231. The first-order valence-corrected chi connectivity index (χ1v) is 9.04. The van der Waals surface area contributed by atoms with Crippen LogP contribution in [0.25, 0.3) is 0 Å². The van der Waals surface area contributed by atoms with Crippen LogP contribution in [0.4, 0.5) is 11.4 Å². The molecule has 2 N–H and O–H groups in total. The van der Waals surface area contributed by atoms with E-state index < -0.39 is 0 Å². The maximum absolute atomic E-state index is 12.5. The van der Waals surface area contributed by atoms with Crippen molar-refractivity contribution < 1.29 is 9.59 Å². The molecule has 1 aromatic carbocycles. The van der Waals surface area contributed by atoms with Gasteiger partial charge in [-0.25, -0.2) is 0 Å². The summed E-state index contributed by atoms with van der Waals surface area (Å²) in [5.41, 5.74) is 2.51. The number of anilines is 2. The first-order chi connectivity index (χ1) is 12.6. The third-order valence-electron chi connectivity index (χ3n) is 4.42. The maximum Gasteiger partial charge on any atom is 0.270 e. The molecule has 26 heavy (non-hydrogen) atoms. The molecule has 0 bridgehead atoms. The van der Waals surface area contributed by atoms with Crippen molar-refractivity contribution in [2.75, 3.05) is 23.3 Å². The highest BCUT2D eigenvalue weighted by Gasteiger charge is 2.24. The third-order valence-corrected chi connectivity index (χ3v) is 4.42. The van der Waals surface area contributed by atoms with Crippen LogP contribution in [0.15, 0.2) is 42.6 Å². The lowest BCUT2D eigenvalue weighted by molar-refractivity contribution is 0.0946. The lowest BCUT2D eigenvalue weighted by Crippen LogP contribution is -2.26. The van der Waals surface area contributed by atoms with Gasteiger partial charge < -0.3 is 15.5 Å². The summed E-state index contributed by atoms with van der Waals surface area (Å²) in [6.07, 6.45) is 3.50. The summed E-state index contributed by atoms with van der Waals surface area (Å²) < 4.78 is 0. The minimum atomic E-state index is -0.261. The van der Waals surface area contributed by atoms with Crippen molar-refractivity contribution in [1.29, 1.82) is 0 Å². The summed E-state index contributed by atoms with van der Waals surface area (Å²) in [6, 6.07) is 11.1. The van der Waals surface area contributed by atoms with Gasteiger partial charge in [-0.1, -0.05) is 0 Å². The molecule has 3 rings (SSSR count). The molecule has 2 aromatic rings. The fourth-order valence-electron chi connectivity index (χ4n) is 2.73. The predicted octanol–water partition coefficient (Wildman–Crippen LogP) is 3.07. The van der Waals surface area contributed by atoms with Crippen LogP contribution >= 0.6 is 0 Å². The van der Waals surface area contributed by atoms with Gasteiger partial charge in [0.25, 0.3) is 11.8 Å². The van der Waals surface area contributed by atoms with E-state index in [1.807, 2.05) is 24.3 Å². The average molecular weight is 352 g/mol. The van der Waals surface area contributed by atoms with Gasteiger partial charge in [0, 0.05) is 42.3 Å². The zero-order valence-corrected chi connectivity index (χ0v) is 15.2. The number of nitrogens with one attached hydrogen (secondary N) is 2. The second kappa shape index (κ2) is 7.99. The smallest absolute Gasteiger partial charge is 0.270 e. The second-order valence-electron chi connectivity index (χ2n) is 6.35. The number of carbonyl (C=O) groups excluding carboxylic acids is 2. The Labute approximate surface area is 153 Å². The number of hydrogen-bond donors (Lipinski definition) is 2. The molecular weight excluding hydrogens is 328 g/mol. The lowest BCUT2D eigenvalue weighted by atomic mass is 10.2. The molecule has 1 fully saturated rings. The van der Waals surface area contributed by atoms with Gasteiger partial charge in [-0.05, 0) is 63.1 Å². The topological polar surface area (TPSA) is 74.3 Å². The Morgan fingerprint density at radius 1 is 1.08 bits per heavy atom. The van der Waals surface area contributed by atoms with Crippen LogP contribution in [0.5, 0.6) is 0 Å². The summed E-state index contributed by atoms with van der Waals surface area (Å²) in [5, 5.41) is 5.74. The molecule has 0 aliphatic heterocycles. The Morgan fingerprint density at radius 3 is 2.38 bits per heavy atom. The monoisotopic (exact) mass is 352 g/mol. The highest BCUT2D eigenvalue weighted by molar-refractivity contribution is 6.05. The molecule has 2 amide bonds. The highest BCUT2D eigenvalue weighted by atomic mass is 16.2. The van der Waals surface area contributed by atoms with E-state index in [0.29, 0.717) is 11.3 Å².